The van der Waals surface area contributed by atoms with E-state index >= 15 is 0 Å². The average Bonchev–Trinajstić information content (AvgIpc) is 3.08. The van der Waals surface area contributed by atoms with Gasteiger partial charge < -0.3 is 10.1 Å². The van der Waals surface area contributed by atoms with Gasteiger partial charge in [-0.15, -0.1) is 0 Å². The van der Waals surface area contributed by atoms with Crippen LogP contribution >= 0.6 is 0 Å². The summed E-state index contributed by atoms with van der Waals surface area (Å²) in [6.45, 7) is 4.98. The fourth-order valence-corrected chi connectivity index (χ4v) is 1.33. The molecule has 1 aliphatic rings. The third-order valence-electron chi connectivity index (χ3n) is 2.31. The molecule has 3 heteroatoms. The number of nitrogens with one attached hydrogen (secondary N) is 1. The van der Waals surface area contributed by atoms with Crippen molar-refractivity contribution < 1.29 is 4.74 Å². The number of aromatic nitrogens is 1. The Balaban J connectivity index is 1.88. The summed E-state index contributed by atoms with van der Waals surface area (Å²) >= 11 is 0. The summed E-state index contributed by atoms with van der Waals surface area (Å²) in [4.78, 5) is 4.28. The highest BCUT2D eigenvalue weighted by atomic mass is 16.5. The van der Waals surface area contributed by atoms with Crippen LogP contribution in [0.2, 0.25) is 0 Å². The van der Waals surface area contributed by atoms with Crippen LogP contribution in [0.4, 0.5) is 0 Å². The first-order valence-corrected chi connectivity index (χ1v) is 5.30. The van der Waals surface area contributed by atoms with Crippen LogP contribution in [0.3, 0.4) is 0 Å². The van der Waals surface area contributed by atoms with Gasteiger partial charge in [-0.2, -0.15) is 0 Å². The zero-order valence-electron chi connectivity index (χ0n) is 8.78. The average molecular weight is 204 g/mol. The Hall–Kier alpha value is -1.35. The molecule has 0 spiro atoms. The van der Waals surface area contributed by atoms with Crippen molar-refractivity contribution in [3.8, 4) is 5.75 Å². The monoisotopic (exact) mass is 204 g/mol. The predicted molar refractivity (Wildman–Crippen MR) is 59.8 cm³/mol. The zero-order valence-corrected chi connectivity index (χ0v) is 8.78. The van der Waals surface area contributed by atoms with Crippen molar-refractivity contribution in [3.05, 3.63) is 36.7 Å². The second-order valence-electron chi connectivity index (χ2n) is 3.74. The highest BCUT2D eigenvalue weighted by molar-refractivity contribution is 5.22. The highest BCUT2D eigenvalue weighted by Gasteiger charge is 2.20. The number of pyridine rings is 1. The van der Waals surface area contributed by atoms with Crippen molar-refractivity contribution in [2.24, 2.45) is 0 Å². The lowest BCUT2D eigenvalue weighted by Gasteiger charge is -2.06. The topological polar surface area (TPSA) is 34.1 Å². The van der Waals surface area contributed by atoms with Crippen molar-refractivity contribution in [1.29, 1.82) is 0 Å². The molecule has 0 saturated heterocycles. The van der Waals surface area contributed by atoms with Crippen LogP contribution in [0.5, 0.6) is 5.75 Å². The second kappa shape index (κ2) is 4.94. The smallest absolute Gasteiger partial charge is 0.123 e. The van der Waals surface area contributed by atoms with E-state index in [2.05, 4.69) is 16.9 Å². The van der Waals surface area contributed by atoms with E-state index in [1.165, 1.54) is 12.8 Å². The van der Waals surface area contributed by atoms with Gasteiger partial charge in [0, 0.05) is 24.8 Å². The van der Waals surface area contributed by atoms with Gasteiger partial charge in [0.25, 0.3) is 0 Å². The summed E-state index contributed by atoms with van der Waals surface area (Å²) < 4.78 is 5.43. The Morgan fingerprint density at radius 2 is 2.47 bits per heavy atom. The van der Waals surface area contributed by atoms with Crippen molar-refractivity contribution in [2.75, 3.05) is 6.61 Å². The van der Waals surface area contributed by atoms with E-state index in [1.807, 2.05) is 12.1 Å². The number of nitrogens with zero attached hydrogens (tertiary/aromatic N) is 1. The molecular formula is C12H16N2O. The van der Waals surface area contributed by atoms with E-state index in [-0.39, 0.29) is 0 Å². The molecule has 2 rings (SSSR count). The van der Waals surface area contributed by atoms with Gasteiger partial charge in [0.1, 0.15) is 12.4 Å². The molecule has 0 amide bonds. The molecule has 0 aromatic carbocycles. The van der Waals surface area contributed by atoms with Crippen molar-refractivity contribution in [2.45, 2.75) is 25.4 Å². The standard InChI is InChI=1S/C12H16N2O/c1-2-7-15-12-5-6-13-11(8-12)9-14-10-3-4-10/h2,5-6,8,10,14H,1,3-4,7,9H2. The van der Waals surface area contributed by atoms with E-state index in [0.29, 0.717) is 12.6 Å². The third kappa shape index (κ3) is 3.36. The lowest BCUT2D eigenvalue weighted by atomic mass is 10.3. The Bertz CT molecular complexity index is 334. The van der Waals surface area contributed by atoms with Crippen LogP contribution in [0.15, 0.2) is 31.0 Å². The molecule has 0 radical (unpaired) electrons. The van der Waals surface area contributed by atoms with Gasteiger partial charge in [-0.25, -0.2) is 0 Å². The Labute approximate surface area is 90.2 Å². The number of hydrogen-bond donors (Lipinski definition) is 1. The van der Waals surface area contributed by atoms with Crippen LogP contribution in [0.1, 0.15) is 18.5 Å². The summed E-state index contributed by atoms with van der Waals surface area (Å²) in [6.07, 6.45) is 6.12. The van der Waals surface area contributed by atoms with Crippen LogP contribution < -0.4 is 10.1 Å². The van der Waals surface area contributed by atoms with Gasteiger partial charge in [0.05, 0.1) is 5.69 Å². The second-order valence-corrected chi connectivity index (χ2v) is 3.74. The molecule has 1 aromatic heterocycles. The molecule has 3 nitrogen and oxygen atoms in total. The van der Waals surface area contributed by atoms with Crippen LogP contribution in [0.25, 0.3) is 0 Å². The minimum atomic E-state index is 0.541. The quantitative estimate of drug-likeness (QED) is 0.719. The Morgan fingerprint density at radius 1 is 1.60 bits per heavy atom. The normalized spacial score (nSPS) is 14.9. The summed E-state index contributed by atoms with van der Waals surface area (Å²) in [5.41, 5.74) is 1.03. The summed E-state index contributed by atoms with van der Waals surface area (Å²) in [6, 6.07) is 4.55. The maximum Gasteiger partial charge on any atom is 0.123 e. The van der Waals surface area contributed by atoms with Gasteiger partial charge in [0.2, 0.25) is 0 Å². The Kier molecular flexibility index (Phi) is 3.35. The molecule has 1 aromatic rings. The molecule has 1 fully saturated rings. The van der Waals surface area contributed by atoms with Gasteiger partial charge in [0.15, 0.2) is 0 Å². The first-order chi connectivity index (χ1) is 7.38. The van der Waals surface area contributed by atoms with Gasteiger partial charge in [-0.05, 0) is 18.9 Å². The highest BCUT2D eigenvalue weighted by Crippen LogP contribution is 2.19. The summed E-state index contributed by atoms with van der Waals surface area (Å²) in [5.74, 6) is 0.859. The van der Waals surface area contributed by atoms with Gasteiger partial charge in [-0.3, -0.25) is 4.98 Å². The fraction of sp³-hybridized carbons (Fsp3) is 0.417. The van der Waals surface area contributed by atoms with Crippen molar-refractivity contribution >= 4 is 0 Å². The Morgan fingerprint density at radius 3 is 3.20 bits per heavy atom. The minimum absolute atomic E-state index is 0.541. The first kappa shape index (κ1) is 10.2. The first-order valence-electron chi connectivity index (χ1n) is 5.30. The molecule has 1 N–H and O–H groups in total. The molecule has 0 atom stereocenters. The number of ether oxygens (including phenoxy) is 1. The molecule has 0 bridgehead atoms. The van der Waals surface area contributed by atoms with Crippen molar-refractivity contribution in [1.82, 2.24) is 10.3 Å². The molecular weight excluding hydrogens is 188 g/mol. The molecule has 1 saturated carbocycles. The van der Waals surface area contributed by atoms with E-state index in [9.17, 15) is 0 Å². The van der Waals surface area contributed by atoms with Crippen LogP contribution in [0, 0.1) is 0 Å². The largest absolute Gasteiger partial charge is 0.489 e. The summed E-state index contributed by atoms with van der Waals surface area (Å²) in [7, 11) is 0. The molecule has 1 heterocycles. The van der Waals surface area contributed by atoms with Crippen molar-refractivity contribution in [3.63, 3.8) is 0 Å². The van der Waals surface area contributed by atoms with Gasteiger partial charge >= 0.3 is 0 Å². The van der Waals surface area contributed by atoms with E-state index in [1.54, 1.807) is 12.3 Å². The summed E-state index contributed by atoms with van der Waals surface area (Å²) in [5, 5.41) is 3.42. The maximum absolute atomic E-state index is 5.43. The van der Waals surface area contributed by atoms with Gasteiger partial charge in [-0.1, -0.05) is 12.7 Å². The molecule has 0 unspecified atom stereocenters. The lowest BCUT2D eigenvalue weighted by molar-refractivity contribution is 0.362. The van der Waals surface area contributed by atoms with E-state index in [4.69, 9.17) is 4.74 Å². The lowest BCUT2D eigenvalue weighted by Crippen LogP contribution is -2.16. The SMILES string of the molecule is C=CCOc1ccnc(CNC2CC2)c1. The minimum Gasteiger partial charge on any atom is -0.489 e. The van der Waals surface area contributed by atoms with E-state index < -0.39 is 0 Å². The predicted octanol–water partition coefficient (Wildman–Crippen LogP) is 1.90. The van der Waals surface area contributed by atoms with Crippen LogP contribution in [-0.4, -0.2) is 17.6 Å². The molecule has 1 aliphatic carbocycles. The number of rotatable bonds is 6. The molecule has 15 heavy (non-hydrogen) atoms. The molecule has 0 aliphatic heterocycles. The number of hydrogen-bond acceptors (Lipinski definition) is 3. The van der Waals surface area contributed by atoms with E-state index in [0.717, 1.165) is 18.0 Å². The zero-order chi connectivity index (χ0) is 10.5. The maximum atomic E-state index is 5.43. The molecule has 80 valence electrons. The van der Waals surface area contributed by atoms with Crippen LogP contribution in [-0.2, 0) is 6.54 Å². The third-order valence-corrected chi connectivity index (χ3v) is 2.31. The fourth-order valence-electron chi connectivity index (χ4n) is 1.33.